The number of thiol groups is 1. The van der Waals surface area contributed by atoms with E-state index >= 15 is 0 Å². The van der Waals surface area contributed by atoms with Gasteiger partial charge in [-0.15, -0.1) is 11.8 Å². The number of para-hydroxylation sites is 1. The van der Waals surface area contributed by atoms with Gasteiger partial charge in [0.25, 0.3) is 0 Å². The highest BCUT2D eigenvalue weighted by Crippen LogP contribution is 2.26. The Hall–Kier alpha value is -0.280. The highest BCUT2D eigenvalue weighted by Gasteiger charge is 1.99. The molecule has 1 aromatic rings. The minimum absolute atomic E-state index is 0.751. The van der Waals surface area contributed by atoms with Gasteiger partial charge in [-0.25, -0.2) is 0 Å². The highest BCUT2D eigenvalue weighted by molar-refractivity contribution is 7.98. The van der Waals surface area contributed by atoms with E-state index in [1.165, 1.54) is 4.90 Å². The van der Waals surface area contributed by atoms with Crippen molar-refractivity contribution in [2.24, 2.45) is 0 Å². The molecule has 1 aromatic carbocycles. The Bertz CT molecular complexity index is 250. The second-order valence-corrected chi connectivity index (χ2v) is 3.87. The van der Waals surface area contributed by atoms with E-state index < -0.39 is 0 Å². The van der Waals surface area contributed by atoms with E-state index in [1.807, 2.05) is 18.2 Å². The van der Waals surface area contributed by atoms with Crippen molar-refractivity contribution in [2.45, 2.75) is 11.3 Å². The van der Waals surface area contributed by atoms with Crippen LogP contribution in [0, 0.1) is 0 Å². The van der Waals surface area contributed by atoms with E-state index in [2.05, 4.69) is 25.0 Å². The number of hydrogen-bond acceptors (Lipinski definition) is 3. The van der Waals surface area contributed by atoms with Crippen molar-refractivity contribution < 1.29 is 4.74 Å². The first-order valence-electron chi connectivity index (χ1n) is 4.25. The first-order chi connectivity index (χ1) is 6.38. The lowest BCUT2D eigenvalue weighted by atomic mass is 10.3. The van der Waals surface area contributed by atoms with Crippen LogP contribution in [-0.2, 0) is 0 Å². The number of thioether (sulfide) groups is 1. The second kappa shape index (κ2) is 6.22. The van der Waals surface area contributed by atoms with Crippen molar-refractivity contribution in [2.75, 3.05) is 18.6 Å². The normalized spacial score (nSPS) is 10.0. The molecule has 0 saturated heterocycles. The summed E-state index contributed by atoms with van der Waals surface area (Å²) in [5.41, 5.74) is 0. The van der Waals surface area contributed by atoms with E-state index in [9.17, 15) is 0 Å². The molecule has 13 heavy (non-hydrogen) atoms. The molecule has 0 unspecified atom stereocenters. The van der Waals surface area contributed by atoms with Gasteiger partial charge < -0.3 is 4.74 Å². The van der Waals surface area contributed by atoms with Gasteiger partial charge in [0.2, 0.25) is 0 Å². The maximum atomic E-state index is 5.60. The third-order valence-electron chi connectivity index (χ3n) is 1.63. The van der Waals surface area contributed by atoms with E-state index in [0.717, 1.165) is 24.5 Å². The molecular formula is C10H14OS2. The molecule has 0 aromatic heterocycles. The van der Waals surface area contributed by atoms with E-state index in [4.69, 9.17) is 4.74 Å². The molecular weight excluding hydrogens is 200 g/mol. The van der Waals surface area contributed by atoms with Gasteiger partial charge in [-0.3, -0.25) is 0 Å². The smallest absolute Gasteiger partial charge is 0.132 e. The van der Waals surface area contributed by atoms with Crippen LogP contribution in [0.3, 0.4) is 0 Å². The molecule has 0 atom stereocenters. The zero-order chi connectivity index (χ0) is 9.52. The molecule has 0 fully saturated rings. The predicted octanol–water partition coefficient (Wildman–Crippen LogP) is 3.11. The summed E-state index contributed by atoms with van der Waals surface area (Å²) < 4.78 is 5.60. The van der Waals surface area contributed by atoms with E-state index in [-0.39, 0.29) is 0 Å². The summed E-state index contributed by atoms with van der Waals surface area (Å²) in [5.74, 6) is 1.86. The van der Waals surface area contributed by atoms with Gasteiger partial charge in [0.1, 0.15) is 5.75 Å². The van der Waals surface area contributed by atoms with Crippen molar-refractivity contribution in [3.05, 3.63) is 24.3 Å². The quantitative estimate of drug-likeness (QED) is 0.458. The first kappa shape index (κ1) is 10.8. The molecule has 0 N–H and O–H groups in total. The number of hydrogen-bond donors (Lipinski definition) is 1. The molecule has 0 heterocycles. The van der Waals surface area contributed by atoms with Gasteiger partial charge in [0.15, 0.2) is 0 Å². The van der Waals surface area contributed by atoms with Gasteiger partial charge in [-0.1, -0.05) is 12.1 Å². The monoisotopic (exact) mass is 214 g/mol. The molecule has 3 heteroatoms. The Balaban J connectivity index is 2.54. The molecule has 0 radical (unpaired) electrons. The molecule has 0 bridgehead atoms. The van der Waals surface area contributed by atoms with Gasteiger partial charge in [0, 0.05) is 4.90 Å². The van der Waals surface area contributed by atoms with E-state index in [1.54, 1.807) is 11.8 Å². The van der Waals surface area contributed by atoms with Crippen LogP contribution in [0.5, 0.6) is 5.75 Å². The third kappa shape index (κ3) is 3.53. The fraction of sp³-hybridized carbons (Fsp3) is 0.400. The SMILES string of the molecule is CSc1ccccc1OCCCS. The summed E-state index contributed by atoms with van der Waals surface area (Å²) in [7, 11) is 0. The van der Waals surface area contributed by atoms with Gasteiger partial charge >= 0.3 is 0 Å². The Morgan fingerprint density at radius 2 is 2.15 bits per heavy atom. The Labute approximate surface area is 89.3 Å². The van der Waals surface area contributed by atoms with Gasteiger partial charge in [-0.05, 0) is 30.6 Å². The molecule has 72 valence electrons. The zero-order valence-corrected chi connectivity index (χ0v) is 9.41. The second-order valence-electron chi connectivity index (χ2n) is 2.58. The summed E-state index contributed by atoms with van der Waals surface area (Å²) in [6.45, 7) is 0.751. The zero-order valence-electron chi connectivity index (χ0n) is 7.69. The van der Waals surface area contributed by atoms with E-state index in [0.29, 0.717) is 0 Å². The summed E-state index contributed by atoms with van der Waals surface area (Å²) >= 11 is 5.84. The lowest BCUT2D eigenvalue weighted by Crippen LogP contribution is -1.98. The number of rotatable bonds is 5. The predicted molar refractivity (Wildman–Crippen MR) is 62.2 cm³/mol. The Morgan fingerprint density at radius 3 is 2.85 bits per heavy atom. The van der Waals surface area contributed by atoms with Crippen LogP contribution < -0.4 is 4.74 Å². The largest absolute Gasteiger partial charge is 0.492 e. The van der Waals surface area contributed by atoms with Crippen molar-refractivity contribution in [3.63, 3.8) is 0 Å². The van der Waals surface area contributed by atoms with Crippen LogP contribution in [0.1, 0.15) is 6.42 Å². The molecule has 0 saturated carbocycles. The Morgan fingerprint density at radius 1 is 1.38 bits per heavy atom. The minimum Gasteiger partial charge on any atom is -0.492 e. The Kier molecular flexibility index (Phi) is 5.16. The molecule has 1 rings (SSSR count). The summed E-state index contributed by atoms with van der Waals surface area (Å²) in [4.78, 5) is 1.20. The lowest BCUT2D eigenvalue weighted by molar-refractivity contribution is 0.311. The van der Waals surface area contributed by atoms with Gasteiger partial charge in [0.05, 0.1) is 6.61 Å². The lowest BCUT2D eigenvalue weighted by Gasteiger charge is -2.08. The topological polar surface area (TPSA) is 9.23 Å². The third-order valence-corrected chi connectivity index (χ3v) is 2.72. The average molecular weight is 214 g/mol. The van der Waals surface area contributed by atoms with Gasteiger partial charge in [-0.2, -0.15) is 12.6 Å². The summed E-state index contributed by atoms with van der Waals surface area (Å²) in [6, 6.07) is 8.10. The maximum absolute atomic E-state index is 5.60. The minimum atomic E-state index is 0.751. The summed E-state index contributed by atoms with van der Waals surface area (Å²) in [5, 5.41) is 0. The van der Waals surface area contributed by atoms with Crippen LogP contribution in [0.4, 0.5) is 0 Å². The van der Waals surface area contributed by atoms with Crippen LogP contribution >= 0.6 is 24.4 Å². The van der Waals surface area contributed by atoms with Crippen molar-refractivity contribution in [3.8, 4) is 5.75 Å². The standard InChI is InChI=1S/C10H14OS2/c1-13-10-6-3-2-5-9(10)11-7-4-8-12/h2-3,5-6,12H,4,7-8H2,1H3. The maximum Gasteiger partial charge on any atom is 0.132 e. The first-order valence-corrected chi connectivity index (χ1v) is 6.11. The molecule has 1 nitrogen and oxygen atoms in total. The molecule has 0 aliphatic heterocycles. The number of benzene rings is 1. The average Bonchev–Trinajstić information content (AvgIpc) is 2.19. The molecule has 0 aliphatic rings. The van der Waals surface area contributed by atoms with Crippen molar-refractivity contribution in [1.29, 1.82) is 0 Å². The van der Waals surface area contributed by atoms with Crippen molar-refractivity contribution in [1.82, 2.24) is 0 Å². The molecule has 0 spiro atoms. The summed E-state index contributed by atoms with van der Waals surface area (Å²) in [6.07, 6.45) is 3.05. The highest BCUT2D eigenvalue weighted by atomic mass is 32.2. The van der Waals surface area contributed by atoms with Crippen LogP contribution in [0.15, 0.2) is 29.2 Å². The molecule has 0 amide bonds. The van der Waals surface area contributed by atoms with Crippen molar-refractivity contribution >= 4 is 24.4 Å². The number of ether oxygens (including phenoxy) is 1. The fourth-order valence-electron chi connectivity index (χ4n) is 0.985. The van der Waals surface area contributed by atoms with Crippen LogP contribution in [0.2, 0.25) is 0 Å². The van der Waals surface area contributed by atoms with Crippen LogP contribution in [-0.4, -0.2) is 18.6 Å². The van der Waals surface area contributed by atoms with Crippen LogP contribution in [0.25, 0.3) is 0 Å². The molecule has 0 aliphatic carbocycles. The fourth-order valence-corrected chi connectivity index (χ4v) is 1.66.